The highest BCUT2D eigenvalue weighted by Crippen LogP contribution is 2.26. The van der Waals surface area contributed by atoms with Crippen LogP contribution < -0.4 is 10.9 Å². The molecule has 7 nitrogen and oxygen atoms in total. The average molecular weight is 473 g/mol. The summed E-state index contributed by atoms with van der Waals surface area (Å²) in [5.41, 5.74) is 1.15. The number of aromatic nitrogens is 2. The monoisotopic (exact) mass is 472 g/mol. The van der Waals surface area contributed by atoms with Crippen LogP contribution in [0.25, 0.3) is 10.9 Å². The number of benzene rings is 2. The smallest absolute Gasteiger partial charge is 0.322 e. The summed E-state index contributed by atoms with van der Waals surface area (Å²) in [4.78, 5) is 32.5. The molecule has 3 rings (SSSR count). The van der Waals surface area contributed by atoms with Gasteiger partial charge in [0.2, 0.25) is 0 Å². The molecule has 8 heteroatoms. The summed E-state index contributed by atoms with van der Waals surface area (Å²) >= 11 is 3.46. The van der Waals surface area contributed by atoms with E-state index in [4.69, 9.17) is 9.72 Å². The third kappa shape index (κ3) is 4.55. The molecule has 158 valence electrons. The quantitative estimate of drug-likeness (QED) is 0.555. The predicted octanol–water partition coefficient (Wildman–Crippen LogP) is 4.33. The molecular weight excluding hydrogens is 448 g/mol. The molecule has 0 saturated carbocycles. The molecule has 1 N–H and O–H groups in total. The SMILES string of the molecule is CCC(c1nc2ccccc2c(=O)n1C)N(CCOC)C(=O)Nc1ccccc1Br. The van der Waals surface area contributed by atoms with Crippen LogP contribution >= 0.6 is 15.9 Å². The fourth-order valence-corrected chi connectivity index (χ4v) is 3.80. The summed E-state index contributed by atoms with van der Waals surface area (Å²) < 4.78 is 7.55. The number of para-hydroxylation sites is 2. The highest BCUT2D eigenvalue weighted by Gasteiger charge is 2.28. The Morgan fingerprint density at radius 3 is 2.63 bits per heavy atom. The number of carbonyl (C=O) groups excluding carboxylic acids is 1. The summed E-state index contributed by atoms with van der Waals surface area (Å²) in [6, 6.07) is 14.0. The number of nitrogens with zero attached hydrogens (tertiary/aromatic N) is 3. The van der Waals surface area contributed by atoms with E-state index in [9.17, 15) is 9.59 Å². The van der Waals surface area contributed by atoms with Crippen molar-refractivity contribution in [3.8, 4) is 0 Å². The Morgan fingerprint density at radius 2 is 1.93 bits per heavy atom. The fraction of sp³-hybridized carbons (Fsp3) is 0.318. The molecular formula is C22H25BrN4O3. The molecule has 1 unspecified atom stereocenters. The summed E-state index contributed by atoms with van der Waals surface area (Å²) in [5, 5.41) is 3.50. The largest absolute Gasteiger partial charge is 0.383 e. The first kappa shape index (κ1) is 22.0. The van der Waals surface area contributed by atoms with E-state index in [0.717, 1.165) is 4.47 Å². The van der Waals surface area contributed by atoms with E-state index < -0.39 is 6.04 Å². The molecule has 1 heterocycles. The maximum absolute atomic E-state index is 13.2. The first-order chi connectivity index (χ1) is 14.5. The van der Waals surface area contributed by atoms with Crippen molar-refractivity contribution in [3.05, 3.63) is 69.2 Å². The van der Waals surface area contributed by atoms with Crippen molar-refractivity contribution >= 4 is 38.6 Å². The van der Waals surface area contributed by atoms with Gasteiger partial charge in [0.05, 0.1) is 29.2 Å². The van der Waals surface area contributed by atoms with Crippen LogP contribution in [0, 0.1) is 0 Å². The zero-order chi connectivity index (χ0) is 21.7. The van der Waals surface area contributed by atoms with Crippen LogP contribution in [0.15, 0.2) is 57.8 Å². The number of methoxy groups -OCH3 is 1. The summed E-state index contributed by atoms with van der Waals surface area (Å²) in [6.45, 7) is 2.69. The molecule has 1 atom stereocenters. The van der Waals surface area contributed by atoms with Crippen LogP contribution in [0.4, 0.5) is 10.5 Å². The second-order valence-electron chi connectivity index (χ2n) is 6.87. The first-order valence-corrected chi connectivity index (χ1v) is 10.5. The lowest BCUT2D eigenvalue weighted by Crippen LogP contribution is -2.42. The van der Waals surface area contributed by atoms with Gasteiger partial charge < -0.3 is 15.0 Å². The van der Waals surface area contributed by atoms with Crippen molar-refractivity contribution in [1.29, 1.82) is 0 Å². The first-order valence-electron chi connectivity index (χ1n) is 9.74. The summed E-state index contributed by atoms with van der Waals surface area (Å²) in [5.74, 6) is 0.541. The van der Waals surface area contributed by atoms with Gasteiger partial charge >= 0.3 is 6.03 Å². The van der Waals surface area contributed by atoms with Gasteiger partial charge in [0, 0.05) is 25.2 Å². The van der Waals surface area contributed by atoms with Crippen molar-refractivity contribution in [2.45, 2.75) is 19.4 Å². The number of fused-ring (bicyclic) bond motifs is 1. The van der Waals surface area contributed by atoms with Gasteiger partial charge in [0.25, 0.3) is 5.56 Å². The minimum absolute atomic E-state index is 0.132. The van der Waals surface area contributed by atoms with Crippen molar-refractivity contribution in [3.63, 3.8) is 0 Å². The Labute approximate surface area is 183 Å². The van der Waals surface area contributed by atoms with E-state index >= 15 is 0 Å². The van der Waals surface area contributed by atoms with E-state index in [1.807, 2.05) is 49.4 Å². The molecule has 0 fully saturated rings. The Bertz CT molecular complexity index is 1100. The highest BCUT2D eigenvalue weighted by atomic mass is 79.9. The molecule has 0 bridgehead atoms. The zero-order valence-corrected chi connectivity index (χ0v) is 18.8. The van der Waals surface area contributed by atoms with Crippen molar-refractivity contribution in [2.75, 3.05) is 25.6 Å². The Hall–Kier alpha value is -2.71. The van der Waals surface area contributed by atoms with Gasteiger partial charge in [0.1, 0.15) is 5.82 Å². The molecule has 0 saturated heterocycles. The minimum atomic E-state index is -0.398. The number of ether oxygens (including phenoxy) is 1. The molecule has 0 aliphatic carbocycles. The molecule has 0 spiro atoms. The van der Waals surface area contributed by atoms with E-state index in [-0.39, 0.29) is 11.6 Å². The zero-order valence-electron chi connectivity index (χ0n) is 17.3. The number of amides is 2. The minimum Gasteiger partial charge on any atom is -0.383 e. The van der Waals surface area contributed by atoms with Gasteiger partial charge in [-0.1, -0.05) is 31.2 Å². The third-order valence-electron chi connectivity index (χ3n) is 4.99. The Balaban J connectivity index is 2.02. The van der Waals surface area contributed by atoms with E-state index in [0.29, 0.717) is 42.0 Å². The summed E-state index contributed by atoms with van der Waals surface area (Å²) in [6.07, 6.45) is 0.589. The maximum Gasteiger partial charge on any atom is 0.322 e. The van der Waals surface area contributed by atoms with Crippen LogP contribution in [0.2, 0.25) is 0 Å². The molecule has 30 heavy (non-hydrogen) atoms. The van der Waals surface area contributed by atoms with Crippen LogP contribution in [0.5, 0.6) is 0 Å². The second kappa shape index (κ2) is 9.86. The fourth-order valence-electron chi connectivity index (χ4n) is 3.41. The number of nitrogens with one attached hydrogen (secondary N) is 1. The van der Waals surface area contributed by atoms with Gasteiger partial charge in [-0.15, -0.1) is 0 Å². The number of rotatable bonds is 7. The average Bonchev–Trinajstić information content (AvgIpc) is 2.75. The number of carbonyl (C=O) groups is 1. The topological polar surface area (TPSA) is 76.5 Å². The summed E-state index contributed by atoms with van der Waals surface area (Å²) in [7, 11) is 3.29. The normalized spacial score (nSPS) is 12.0. The third-order valence-corrected chi connectivity index (χ3v) is 5.68. The second-order valence-corrected chi connectivity index (χ2v) is 7.73. The van der Waals surface area contributed by atoms with Crippen LogP contribution in [0.3, 0.4) is 0 Å². The molecule has 2 aromatic carbocycles. The molecule has 0 aliphatic rings. The van der Waals surface area contributed by atoms with Crippen LogP contribution in [-0.4, -0.2) is 40.7 Å². The van der Waals surface area contributed by atoms with Gasteiger partial charge in [-0.2, -0.15) is 0 Å². The van der Waals surface area contributed by atoms with Gasteiger partial charge in [-0.05, 0) is 46.6 Å². The Morgan fingerprint density at radius 1 is 1.23 bits per heavy atom. The van der Waals surface area contributed by atoms with Gasteiger partial charge in [-0.3, -0.25) is 9.36 Å². The number of urea groups is 1. The number of halogens is 1. The predicted molar refractivity (Wildman–Crippen MR) is 122 cm³/mol. The van der Waals surface area contributed by atoms with Crippen LogP contribution in [0.1, 0.15) is 25.2 Å². The lowest BCUT2D eigenvalue weighted by atomic mass is 10.1. The molecule has 2 amide bonds. The van der Waals surface area contributed by atoms with Crippen LogP contribution in [-0.2, 0) is 11.8 Å². The molecule has 1 aromatic heterocycles. The molecule has 0 radical (unpaired) electrons. The van der Waals surface area contributed by atoms with Gasteiger partial charge in [-0.25, -0.2) is 9.78 Å². The van der Waals surface area contributed by atoms with Crippen molar-refractivity contribution < 1.29 is 9.53 Å². The highest BCUT2D eigenvalue weighted by molar-refractivity contribution is 9.10. The number of anilines is 1. The molecule has 0 aliphatic heterocycles. The van der Waals surface area contributed by atoms with Crippen molar-refractivity contribution in [1.82, 2.24) is 14.5 Å². The molecule has 3 aromatic rings. The number of hydrogen-bond acceptors (Lipinski definition) is 4. The Kier molecular flexibility index (Phi) is 7.23. The van der Waals surface area contributed by atoms with Crippen molar-refractivity contribution in [2.24, 2.45) is 7.05 Å². The number of hydrogen-bond donors (Lipinski definition) is 1. The lowest BCUT2D eigenvalue weighted by Gasteiger charge is -2.31. The maximum atomic E-state index is 13.2. The van der Waals surface area contributed by atoms with E-state index in [1.54, 1.807) is 25.1 Å². The lowest BCUT2D eigenvalue weighted by molar-refractivity contribution is 0.131. The standard InChI is InChI=1S/C22H25BrN4O3/c1-4-19(20-24-17-11-7-5-9-15(17)21(28)26(20)2)27(13-14-30-3)22(29)25-18-12-8-6-10-16(18)23/h5-12,19H,4,13-14H2,1-3H3,(H,25,29). The van der Waals surface area contributed by atoms with Gasteiger partial charge in [0.15, 0.2) is 0 Å². The van der Waals surface area contributed by atoms with E-state index in [1.165, 1.54) is 4.57 Å². The van der Waals surface area contributed by atoms with E-state index in [2.05, 4.69) is 21.2 Å².